The number of halogens is 2. The van der Waals surface area contributed by atoms with Crippen molar-refractivity contribution in [1.29, 1.82) is 0 Å². The first-order chi connectivity index (χ1) is 7.11. The monoisotopic (exact) mass is 336 g/mol. The fraction of sp³-hybridized carbons (Fsp3) is 0.400. The first-order valence-corrected chi connectivity index (χ1v) is 8.90. The summed E-state index contributed by atoms with van der Waals surface area (Å²) in [6, 6.07) is 10.3. The number of rotatable bonds is 3. The Bertz CT molecular complexity index is 244. The van der Waals surface area contributed by atoms with E-state index in [0.717, 1.165) is 6.54 Å². The van der Waals surface area contributed by atoms with Crippen molar-refractivity contribution in [3.63, 3.8) is 0 Å². The summed E-state index contributed by atoms with van der Waals surface area (Å²) in [4.78, 5) is 2.09. The summed E-state index contributed by atoms with van der Waals surface area (Å²) in [7, 11) is 13.8. The Morgan fingerprint density at radius 3 is 2.13 bits per heavy atom. The van der Waals surface area contributed by atoms with Gasteiger partial charge in [-0.05, 0) is 19.7 Å². The van der Waals surface area contributed by atoms with Gasteiger partial charge in [-0.15, -0.1) is 0 Å². The summed E-state index contributed by atoms with van der Waals surface area (Å²) in [5.41, 5.74) is 7.15. The Hall–Kier alpha value is 0.343. The molecule has 0 aliphatic rings. The SMILES string of the molecule is CN(C)C[C@H](N)c1ccccc1.[Cl][Ru][Cl]. The van der Waals surface area contributed by atoms with Crippen molar-refractivity contribution in [2.45, 2.75) is 6.04 Å². The summed E-state index contributed by atoms with van der Waals surface area (Å²) in [5, 5.41) is 0. The van der Waals surface area contributed by atoms with E-state index in [9.17, 15) is 0 Å². The van der Waals surface area contributed by atoms with Crippen LogP contribution < -0.4 is 5.73 Å². The minimum absolute atomic E-state index is 0.126. The van der Waals surface area contributed by atoms with Gasteiger partial charge in [-0.3, -0.25) is 0 Å². The van der Waals surface area contributed by atoms with Crippen molar-refractivity contribution in [3.8, 4) is 0 Å². The summed E-state index contributed by atoms with van der Waals surface area (Å²) in [6.07, 6.45) is 0. The van der Waals surface area contributed by atoms with E-state index in [4.69, 9.17) is 25.1 Å². The topological polar surface area (TPSA) is 29.3 Å². The van der Waals surface area contributed by atoms with Crippen molar-refractivity contribution in [2.75, 3.05) is 20.6 Å². The van der Waals surface area contributed by atoms with Gasteiger partial charge in [0.2, 0.25) is 0 Å². The second-order valence-electron chi connectivity index (χ2n) is 3.33. The molecule has 2 nitrogen and oxygen atoms in total. The zero-order chi connectivity index (χ0) is 11.7. The Kier molecular flexibility index (Phi) is 9.78. The average Bonchev–Trinajstić information content (AvgIpc) is 2.19. The van der Waals surface area contributed by atoms with Gasteiger partial charge in [-0.25, -0.2) is 0 Å². The fourth-order valence-electron chi connectivity index (χ4n) is 1.20. The van der Waals surface area contributed by atoms with Crippen molar-refractivity contribution >= 4 is 19.4 Å². The molecule has 0 bridgehead atoms. The van der Waals surface area contributed by atoms with Crippen LogP contribution in [0.1, 0.15) is 11.6 Å². The van der Waals surface area contributed by atoms with E-state index < -0.39 is 0 Å². The molecule has 0 saturated carbocycles. The van der Waals surface area contributed by atoms with Gasteiger partial charge in [0.15, 0.2) is 0 Å². The molecule has 0 radical (unpaired) electrons. The third-order valence-electron chi connectivity index (χ3n) is 1.79. The van der Waals surface area contributed by atoms with Gasteiger partial charge in [0, 0.05) is 12.6 Å². The molecule has 15 heavy (non-hydrogen) atoms. The van der Waals surface area contributed by atoms with Crippen LogP contribution in [0.25, 0.3) is 0 Å². The summed E-state index contributed by atoms with van der Waals surface area (Å²) in [5.74, 6) is 0. The van der Waals surface area contributed by atoms with E-state index in [1.165, 1.54) is 5.56 Å². The van der Waals surface area contributed by atoms with Crippen LogP contribution in [0.5, 0.6) is 0 Å². The normalized spacial score (nSPS) is 12.1. The van der Waals surface area contributed by atoms with Crippen molar-refractivity contribution < 1.29 is 15.1 Å². The first kappa shape index (κ1) is 15.3. The van der Waals surface area contributed by atoms with Gasteiger partial charge in [-0.1, -0.05) is 30.3 Å². The second-order valence-corrected chi connectivity index (χ2v) is 5.97. The molecule has 1 aromatic rings. The number of hydrogen-bond acceptors (Lipinski definition) is 2. The van der Waals surface area contributed by atoms with Crippen molar-refractivity contribution in [2.24, 2.45) is 5.73 Å². The average molecular weight is 336 g/mol. The molecule has 1 atom stereocenters. The molecule has 0 amide bonds. The van der Waals surface area contributed by atoms with Crippen LogP contribution in [0, 0.1) is 0 Å². The second kappa shape index (κ2) is 9.56. The predicted molar refractivity (Wildman–Crippen MR) is 63.6 cm³/mol. The van der Waals surface area contributed by atoms with Gasteiger partial charge < -0.3 is 10.6 Å². The maximum atomic E-state index is 5.95. The molecule has 1 rings (SSSR count). The van der Waals surface area contributed by atoms with Crippen LogP contribution in [0.3, 0.4) is 0 Å². The molecule has 0 aliphatic carbocycles. The van der Waals surface area contributed by atoms with E-state index in [0.29, 0.717) is 0 Å². The molecule has 0 aliphatic heterocycles. The molecule has 0 spiro atoms. The van der Waals surface area contributed by atoms with Crippen LogP contribution in [0.15, 0.2) is 30.3 Å². The Morgan fingerprint density at radius 1 is 1.27 bits per heavy atom. The third kappa shape index (κ3) is 8.18. The minimum atomic E-state index is -0.346. The van der Waals surface area contributed by atoms with Gasteiger partial charge >= 0.3 is 34.5 Å². The van der Waals surface area contributed by atoms with Crippen LogP contribution in [-0.2, 0) is 15.1 Å². The van der Waals surface area contributed by atoms with Crippen LogP contribution in [0.2, 0.25) is 0 Å². The van der Waals surface area contributed by atoms with E-state index in [1.54, 1.807) is 0 Å². The van der Waals surface area contributed by atoms with E-state index >= 15 is 0 Å². The van der Waals surface area contributed by atoms with Crippen molar-refractivity contribution in [1.82, 2.24) is 4.90 Å². The fourth-order valence-corrected chi connectivity index (χ4v) is 1.20. The Labute approximate surface area is 107 Å². The maximum absolute atomic E-state index is 5.95. The first-order valence-electron chi connectivity index (χ1n) is 4.42. The molecule has 5 heteroatoms. The Morgan fingerprint density at radius 2 is 1.73 bits per heavy atom. The van der Waals surface area contributed by atoms with Crippen molar-refractivity contribution in [3.05, 3.63) is 35.9 Å². The predicted octanol–water partition coefficient (Wildman–Crippen LogP) is 2.62. The number of hydrogen-bond donors (Lipinski definition) is 1. The van der Waals surface area contributed by atoms with Gasteiger partial charge in [0.1, 0.15) is 0 Å². The summed E-state index contributed by atoms with van der Waals surface area (Å²) in [6.45, 7) is 0.893. The molecule has 88 valence electrons. The number of likely N-dealkylation sites (N-methyl/N-ethyl adjacent to an activating group) is 1. The number of nitrogens with two attached hydrogens (primary N) is 1. The molecule has 0 aromatic heterocycles. The molecule has 1 aromatic carbocycles. The van der Waals surface area contributed by atoms with E-state index in [2.05, 4.69) is 17.0 Å². The zero-order valence-corrected chi connectivity index (χ0v) is 12.1. The summed E-state index contributed by atoms with van der Waals surface area (Å²) < 4.78 is 0. The standard InChI is InChI=1S/C10H16N2.2ClH.Ru/c1-12(2)8-10(11)9-6-4-3-5-7-9;;;/h3-7,10H,8,11H2,1-2H3;2*1H;/q;;;+2/p-2/t10-;;;/m0.../s1. The molecule has 0 unspecified atom stereocenters. The molecule has 0 saturated heterocycles. The van der Waals surface area contributed by atoms with E-state index in [1.807, 2.05) is 32.3 Å². The van der Waals surface area contributed by atoms with Crippen LogP contribution in [0.4, 0.5) is 0 Å². The molecular weight excluding hydrogens is 320 g/mol. The van der Waals surface area contributed by atoms with Gasteiger partial charge in [0.25, 0.3) is 0 Å². The molecule has 0 heterocycles. The quantitative estimate of drug-likeness (QED) is 0.860. The van der Waals surface area contributed by atoms with Crippen LogP contribution in [-0.4, -0.2) is 25.5 Å². The summed E-state index contributed by atoms with van der Waals surface area (Å²) >= 11 is -0.346. The van der Waals surface area contributed by atoms with Crippen LogP contribution >= 0.6 is 19.4 Å². The Balaban J connectivity index is 0.000000583. The molecule has 2 N–H and O–H groups in total. The van der Waals surface area contributed by atoms with Gasteiger partial charge in [0.05, 0.1) is 0 Å². The zero-order valence-electron chi connectivity index (χ0n) is 8.81. The number of benzene rings is 1. The third-order valence-corrected chi connectivity index (χ3v) is 1.79. The molecular formula is C10H16Cl2N2Ru. The van der Waals surface area contributed by atoms with Gasteiger partial charge in [-0.2, -0.15) is 0 Å². The molecule has 0 fully saturated rings. The number of nitrogens with zero attached hydrogens (tertiary/aromatic N) is 1. The van der Waals surface area contributed by atoms with E-state index in [-0.39, 0.29) is 21.2 Å².